The van der Waals surface area contributed by atoms with Crippen LogP contribution >= 0.6 is 12.4 Å². The lowest BCUT2D eigenvalue weighted by atomic mass is 9.89. The number of aromatic amines is 1. The van der Waals surface area contributed by atoms with E-state index in [0.717, 1.165) is 11.1 Å². The lowest BCUT2D eigenvalue weighted by molar-refractivity contribution is -0.153. The zero-order valence-electron chi connectivity index (χ0n) is 16.7. The van der Waals surface area contributed by atoms with Gasteiger partial charge >= 0.3 is 0 Å². The molecule has 1 aromatic heterocycles. The van der Waals surface area contributed by atoms with Gasteiger partial charge in [-0.1, -0.05) is 60.7 Å². The summed E-state index contributed by atoms with van der Waals surface area (Å²) in [5.74, 6) is -0.974. The molecule has 0 aliphatic carbocycles. The summed E-state index contributed by atoms with van der Waals surface area (Å²) in [5, 5.41) is 9.96. The Bertz CT molecular complexity index is 1050. The zero-order valence-corrected chi connectivity index (χ0v) is 17.5. The number of amides is 2. The van der Waals surface area contributed by atoms with Crippen molar-refractivity contribution in [1.29, 1.82) is 5.26 Å². The molecule has 31 heavy (non-hydrogen) atoms. The number of carbonyl (C=O) groups is 2. The summed E-state index contributed by atoms with van der Waals surface area (Å²) >= 11 is 0. The fourth-order valence-electron chi connectivity index (χ4n) is 3.82. The summed E-state index contributed by atoms with van der Waals surface area (Å²) in [7, 11) is 0. The first-order chi connectivity index (χ1) is 14.7. The van der Waals surface area contributed by atoms with Crippen LogP contribution in [0.3, 0.4) is 0 Å². The van der Waals surface area contributed by atoms with E-state index >= 15 is 0 Å². The summed E-state index contributed by atoms with van der Waals surface area (Å²) < 4.78 is 0. The number of imidazole rings is 1. The van der Waals surface area contributed by atoms with E-state index in [1.165, 1.54) is 11.2 Å². The van der Waals surface area contributed by atoms with E-state index in [4.69, 9.17) is 0 Å². The number of nitriles is 1. The molecular formula is C23H22ClN5O2. The number of H-pyrrole nitrogens is 1. The van der Waals surface area contributed by atoms with Gasteiger partial charge in [-0.25, -0.2) is 4.98 Å². The normalized spacial score (nSPS) is 15.7. The van der Waals surface area contributed by atoms with Gasteiger partial charge in [-0.05, 0) is 11.1 Å². The molecular weight excluding hydrogens is 414 g/mol. The van der Waals surface area contributed by atoms with Gasteiger partial charge in [0.25, 0.3) is 0 Å². The van der Waals surface area contributed by atoms with E-state index in [0.29, 0.717) is 12.2 Å². The Hall–Kier alpha value is -3.63. The molecule has 3 aromatic rings. The average molecular weight is 436 g/mol. The lowest BCUT2D eigenvalue weighted by Crippen LogP contribution is -2.55. The van der Waals surface area contributed by atoms with E-state index in [1.54, 1.807) is 11.1 Å². The predicted octanol–water partition coefficient (Wildman–Crippen LogP) is 3.05. The monoisotopic (exact) mass is 435 g/mol. The van der Waals surface area contributed by atoms with Crippen LogP contribution in [0.5, 0.6) is 0 Å². The Morgan fingerprint density at radius 1 is 1.00 bits per heavy atom. The first kappa shape index (κ1) is 22.1. The van der Waals surface area contributed by atoms with E-state index in [1.807, 2.05) is 60.7 Å². The molecule has 158 valence electrons. The molecule has 0 radical (unpaired) electrons. The number of hydrogen-bond donors (Lipinski definition) is 1. The highest BCUT2D eigenvalue weighted by molar-refractivity contribution is 5.92. The van der Waals surface area contributed by atoms with Crippen LogP contribution in [0.1, 0.15) is 28.8 Å². The standard InChI is InChI=1S/C23H21N5O2.ClH/c24-11-19(18-9-5-2-6-10-18)23(20-12-25-16-26-20)28-15-21(29)27(14-22(28)30)13-17-7-3-1-4-8-17;/h1-10,12,16,19,23H,13-15H2,(H,25,26);1H. The van der Waals surface area contributed by atoms with Gasteiger partial charge in [0.15, 0.2) is 0 Å². The number of carbonyl (C=O) groups excluding carboxylic acids is 2. The minimum atomic E-state index is -0.635. The molecule has 1 N–H and O–H groups in total. The fraction of sp³-hybridized carbons (Fsp3) is 0.217. The molecule has 4 rings (SSSR count). The van der Waals surface area contributed by atoms with Crippen LogP contribution < -0.4 is 0 Å². The first-order valence-electron chi connectivity index (χ1n) is 9.71. The summed E-state index contributed by atoms with van der Waals surface area (Å²) in [5.41, 5.74) is 2.38. The number of nitrogens with zero attached hydrogens (tertiary/aromatic N) is 4. The maximum atomic E-state index is 13.1. The average Bonchev–Trinajstić information content (AvgIpc) is 3.30. The molecule has 2 atom stereocenters. The number of aromatic nitrogens is 2. The third-order valence-electron chi connectivity index (χ3n) is 5.31. The summed E-state index contributed by atoms with van der Waals surface area (Å²) in [6.07, 6.45) is 3.12. The fourth-order valence-corrected chi connectivity index (χ4v) is 3.82. The first-order valence-corrected chi connectivity index (χ1v) is 9.71. The second-order valence-corrected chi connectivity index (χ2v) is 7.23. The molecule has 7 nitrogen and oxygen atoms in total. The molecule has 1 aliphatic heterocycles. The number of nitrogens with one attached hydrogen (secondary N) is 1. The van der Waals surface area contributed by atoms with E-state index in [9.17, 15) is 14.9 Å². The third-order valence-corrected chi connectivity index (χ3v) is 5.31. The van der Waals surface area contributed by atoms with Crippen LogP contribution in [0.15, 0.2) is 73.2 Å². The maximum Gasteiger partial charge on any atom is 0.243 e. The molecule has 2 aromatic carbocycles. The highest BCUT2D eigenvalue weighted by Crippen LogP contribution is 2.35. The molecule has 2 heterocycles. The number of benzene rings is 2. The summed E-state index contributed by atoms with van der Waals surface area (Å²) in [4.78, 5) is 36.2. The molecule has 2 unspecified atom stereocenters. The van der Waals surface area contributed by atoms with Gasteiger partial charge in [0.1, 0.15) is 13.1 Å². The number of rotatable bonds is 6. The van der Waals surface area contributed by atoms with Gasteiger partial charge < -0.3 is 14.8 Å². The number of hydrogen-bond acceptors (Lipinski definition) is 4. The molecule has 0 saturated carbocycles. The van der Waals surface area contributed by atoms with Crippen molar-refractivity contribution in [3.63, 3.8) is 0 Å². The van der Waals surface area contributed by atoms with Gasteiger partial charge in [-0.3, -0.25) is 9.59 Å². The van der Waals surface area contributed by atoms with Crippen molar-refractivity contribution in [2.75, 3.05) is 13.1 Å². The van der Waals surface area contributed by atoms with Crippen molar-refractivity contribution >= 4 is 24.2 Å². The quantitative estimate of drug-likeness (QED) is 0.644. The molecule has 0 spiro atoms. The Labute approximate surface area is 186 Å². The van der Waals surface area contributed by atoms with Crippen LogP contribution in [0, 0.1) is 11.3 Å². The van der Waals surface area contributed by atoms with Gasteiger partial charge in [0.05, 0.1) is 36.2 Å². The van der Waals surface area contributed by atoms with Crippen molar-refractivity contribution in [1.82, 2.24) is 19.8 Å². The van der Waals surface area contributed by atoms with Crippen LogP contribution in [0.25, 0.3) is 0 Å². The van der Waals surface area contributed by atoms with E-state index in [2.05, 4.69) is 16.0 Å². The Morgan fingerprint density at radius 3 is 2.29 bits per heavy atom. The van der Waals surface area contributed by atoms with Gasteiger partial charge in [0.2, 0.25) is 11.8 Å². The van der Waals surface area contributed by atoms with Crippen LogP contribution in [-0.4, -0.2) is 44.7 Å². The molecule has 1 saturated heterocycles. The topological polar surface area (TPSA) is 93.1 Å². The third kappa shape index (κ3) is 4.76. The number of piperazine rings is 1. The van der Waals surface area contributed by atoms with Gasteiger partial charge in [0, 0.05) is 6.54 Å². The highest BCUT2D eigenvalue weighted by Gasteiger charge is 2.39. The SMILES string of the molecule is Cl.N#CC(c1ccccc1)C(c1cnc[nH]1)N1CC(=O)N(Cc2ccccc2)CC1=O. The molecule has 2 amide bonds. The number of halogens is 1. The lowest BCUT2D eigenvalue weighted by Gasteiger charge is -2.39. The van der Waals surface area contributed by atoms with Crippen molar-refractivity contribution in [3.8, 4) is 6.07 Å². The second-order valence-electron chi connectivity index (χ2n) is 7.23. The van der Waals surface area contributed by atoms with Crippen molar-refractivity contribution in [2.24, 2.45) is 0 Å². The Kier molecular flexibility index (Phi) is 7.06. The second kappa shape index (κ2) is 9.92. The van der Waals surface area contributed by atoms with Crippen LogP contribution in [0.4, 0.5) is 0 Å². The minimum absolute atomic E-state index is 0. The molecule has 1 aliphatic rings. The van der Waals surface area contributed by atoms with Crippen molar-refractivity contribution in [2.45, 2.75) is 18.5 Å². The van der Waals surface area contributed by atoms with Crippen LogP contribution in [-0.2, 0) is 16.1 Å². The molecule has 1 fully saturated rings. The highest BCUT2D eigenvalue weighted by atomic mass is 35.5. The maximum absolute atomic E-state index is 13.1. The summed E-state index contributed by atoms with van der Waals surface area (Å²) in [6.45, 7) is 0.278. The van der Waals surface area contributed by atoms with E-state index in [-0.39, 0.29) is 37.3 Å². The largest absolute Gasteiger partial charge is 0.347 e. The van der Waals surface area contributed by atoms with Gasteiger partial charge in [-0.15, -0.1) is 12.4 Å². The predicted molar refractivity (Wildman–Crippen MR) is 117 cm³/mol. The van der Waals surface area contributed by atoms with E-state index < -0.39 is 12.0 Å². The Balaban J connectivity index is 0.00000272. The molecule has 8 heteroatoms. The zero-order chi connectivity index (χ0) is 20.9. The molecule has 0 bridgehead atoms. The van der Waals surface area contributed by atoms with Crippen molar-refractivity contribution < 1.29 is 9.59 Å². The van der Waals surface area contributed by atoms with Crippen molar-refractivity contribution in [3.05, 3.63) is 90.0 Å². The Morgan fingerprint density at radius 2 is 1.68 bits per heavy atom. The van der Waals surface area contributed by atoms with Gasteiger partial charge in [-0.2, -0.15) is 5.26 Å². The minimum Gasteiger partial charge on any atom is -0.347 e. The van der Waals surface area contributed by atoms with Crippen LogP contribution in [0.2, 0.25) is 0 Å². The smallest absolute Gasteiger partial charge is 0.243 e. The summed E-state index contributed by atoms with van der Waals surface area (Å²) in [6, 6.07) is 20.6.